The largest absolute Gasteiger partial charge is 0.477 e. The number of aliphatic hydroxyl groups is 1. The van der Waals surface area contributed by atoms with E-state index in [-0.39, 0.29) is 5.88 Å². The van der Waals surface area contributed by atoms with Crippen LogP contribution in [0.5, 0.6) is 0 Å². The monoisotopic (exact) mass is 181 g/mol. The summed E-state index contributed by atoms with van der Waals surface area (Å²) in [6, 6.07) is 0. The summed E-state index contributed by atoms with van der Waals surface area (Å²) in [6.45, 7) is 0. The van der Waals surface area contributed by atoms with Crippen molar-refractivity contribution in [2.24, 2.45) is 5.16 Å². The molecule has 0 aromatic heterocycles. The van der Waals surface area contributed by atoms with E-state index in [0.29, 0.717) is 0 Å². The number of carboxylic acids is 1. The Morgan fingerprint density at radius 2 is 2.36 bits per heavy atom. The molecule has 0 aliphatic rings. The predicted molar refractivity (Wildman–Crippen MR) is 38.8 cm³/mol. The van der Waals surface area contributed by atoms with E-state index >= 15 is 0 Å². The van der Waals surface area contributed by atoms with Crippen LogP contribution < -0.4 is 0 Å². The quantitative estimate of drug-likeness (QED) is 0.354. The molecule has 0 bridgehead atoms. The van der Waals surface area contributed by atoms with Crippen LogP contribution >= 0.6 is 11.6 Å². The Bertz CT molecular complexity index is 170. The minimum absolute atomic E-state index is 0.228. The van der Waals surface area contributed by atoms with Gasteiger partial charge in [-0.3, -0.25) is 0 Å². The number of alkyl halides is 1. The maximum Gasteiger partial charge on any atom is 0.356 e. The molecule has 1 unspecified atom stereocenters. The third-order valence-corrected chi connectivity index (χ3v) is 1.16. The molecule has 11 heavy (non-hydrogen) atoms. The number of aliphatic hydroxyl groups excluding tert-OH is 1. The molecule has 0 radical (unpaired) electrons. The fraction of sp³-hybridized carbons (Fsp3) is 0.600. The maximum absolute atomic E-state index is 10.3. The summed E-state index contributed by atoms with van der Waals surface area (Å²) in [5, 5.41) is 20.3. The second-order valence-electron chi connectivity index (χ2n) is 1.63. The van der Waals surface area contributed by atoms with Crippen molar-refractivity contribution in [3.8, 4) is 0 Å². The average Bonchev–Trinajstić information content (AvgIpc) is 1.98. The smallest absolute Gasteiger partial charge is 0.356 e. The molecule has 0 aromatic carbocycles. The molecular formula is C5H8ClNO4. The lowest BCUT2D eigenvalue weighted by Gasteiger charge is -2.03. The molecular weight excluding hydrogens is 174 g/mol. The second kappa shape index (κ2) is 4.92. The van der Waals surface area contributed by atoms with E-state index in [9.17, 15) is 4.79 Å². The van der Waals surface area contributed by atoms with Crippen molar-refractivity contribution in [1.29, 1.82) is 0 Å². The minimum atomic E-state index is -1.35. The first-order valence-corrected chi connectivity index (χ1v) is 3.25. The zero-order chi connectivity index (χ0) is 8.85. The Hall–Kier alpha value is -0.810. The van der Waals surface area contributed by atoms with Crippen LogP contribution in [0.1, 0.15) is 0 Å². The molecule has 64 valence electrons. The number of aliphatic carboxylic acids is 1. The van der Waals surface area contributed by atoms with Gasteiger partial charge in [-0.15, -0.1) is 11.6 Å². The van der Waals surface area contributed by atoms with Crippen molar-refractivity contribution >= 4 is 23.3 Å². The minimum Gasteiger partial charge on any atom is -0.477 e. The molecule has 5 nitrogen and oxygen atoms in total. The maximum atomic E-state index is 10.3. The molecule has 0 saturated heterocycles. The van der Waals surface area contributed by atoms with Gasteiger partial charge >= 0.3 is 5.97 Å². The van der Waals surface area contributed by atoms with Crippen LogP contribution in [0.3, 0.4) is 0 Å². The highest BCUT2D eigenvalue weighted by molar-refractivity contribution is 6.38. The highest BCUT2D eigenvalue weighted by atomic mass is 35.5. The van der Waals surface area contributed by atoms with Crippen LogP contribution in [0.25, 0.3) is 0 Å². The van der Waals surface area contributed by atoms with Crippen molar-refractivity contribution in [3.05, 3.63) is 0 Å². The third kappa shape index (κ3) is 3.20. The summed E-state index contributed by atoms with van der Waals surface area (Å²) in [5.74, 6) is -1.57. The molecule has 0 heterocycles. The van der Waals surface area contributed by atoms with Gasteiger partial charge in [-0.1, -0.05) is 5.16 Å². The van der Waals surface area contributed by atoms with Gasteiger partial charge in [0.2, 0.25) is 0 Å². The third-order valence-electron chi connectivity index (χ3n) is 0.871. The number of rotatable bonds is 4. The van der Waals surface area contributed by atoms with Gasteiger partial charge in [0.05, 0.1) is 5.88 Å². The van der Waals surface area contributed by atoms with Crippen LogP contribution in [0.15, 0.2) is 5.16 Å². The van der Waals surface area contributed by atoms with Crippen molar-refractivity contribution in [2.45, 2.75) is 6.10 Å². The number of halogens is 1. The topological polar surface area (TPSA) is 79.1 Å². The molecule has 1 atom stereocenters. The fourth-order valence-corrected chi connectivity index (χ4v) is 0.560. The second-order valence-corrected chi connectivity index (χ2v) is 1.94. The highest BCUT2D eigenvalue weighted by Gasteiger charge is 2.19. The van der Waals surface area contributed by atoms with E-state index in [0.717, 1.165) is 0 Å². The standard InChI is InChI=1S/C5H8ClNO4/c1-11-7-4(5(9)10)3(8)2-6/h3,8H,2H2,1H3,(H,9,10). The van der Waals surface area contributed by atoms with E-state index in [1.165, 1.54) is 7.11 Å². The summed E-state index contributed by atoms with van der Waals surface area (Å²) in [7, 11) is 1.18. The summed E-state index contributed by atoms with van der Waals surface area (Å²) >= 11 is 5.18. The SMILES string of the molecule is CON=C(C(=O)O)C(O)CCl. The Balaban J connectivity index is 4.34. The lowest BCUT2D eigenvalue weighted by molar-refractivity contribution is -0.130. The zero-order valence-electron chi connectivity index (χ0n) is 5.82. The van der Waals surface area contributed by atoms with Gasteiger partial charge in [0, 0.05) is 0 Å². The van der Waals surface area contributed by atoms with Crippen LogP contribution in [0, 0.1) is 0 Å². The molecule has 0 rings (SSSR count). The molecule has 2 N–H and O–H groups in total. The van der Waals surface area contributed by atoms with Gasteiger partial charge in [-0.25, -0.2) is 4.79 Å². The molecule has 0 aliphatic carbocycles. The zero-order valence-corrected chi connectivity index (χ0v) is 6.58. The number of carboxylic acid groups (broad SMARTS) is 1. The first kappa shape index (κ1) is 10.2. The van der Waals surface area contributed by atoms with E-state index in [1.807, 2.05) is 0 Å². The molecule has 0 saturated carbocycles. The number of nitrogens with zero attached hydrogens (tertiary/aromatic N) is 1. The Kier molecular flexibility index (Phi) is 4.56. The van der Waals surface area contributed by atoms with Gasteiger partial charge in [0.25, 0.3) is 0 Å². The van der Waals surface area contributed by atoms with Crippen LogP contribution in [0.4, 0.5) is 0 Å². The Morgan fingerprint density at radius 1 is 1.82 bits per heavy atom. The number of carbonyl (C=O) groups is 1. The van der Waals surface area contributed by atoms with Crippen LogP contribution in [-0.4, -0.2) is 41.0 Å². The fourth-order valence-electron chi connectivity index (χ4n) is 0.414. The molecule has 0 aliphatic heterocycles. The van der Waals surface area contributed by atoms with E-state index in [2.05, 4.69) is 9.99 Å². The van der Waals surface area contributed by atoms with Gasteiger partial charge in [0.1, 0.15) is 13.2 Å². The van der Waals surface area contributed by atoms with Crippen molar-refractivity contribution in [1.82, 2.24) is 0 Å². The molecule has 0 aromatic rings. The molecule has 0 amide bonds. The molecule has 0 fully saturated rings. The number of oxime groups is 1. The molecule has 6 heteroatoms. The van der Waals surface area contributed by atoms with Crippen molar-refractivity contribution in [3.63, 3.8) is 0 Å². The first-order valence-electron chi connectivity index (χ1n) is 2.71. The van der Waals surface area contributed by atoms with Gasteiger partial charge in [-0.05, 0) is 0 Å². The summed E-state index contributed by atoms with van der Waals surface area (Å²) < 4.78 is 0. The predicted octanol–water partition coefficient (Wildman–Crippen LogP) is -0.327. The summed E-state index contributed by atoms with van der Waals surface area (Å²) in [5.41, 5.74) is -0.498. The highest BCUT2D eigenvalue weighted by Crippen LogP contribution is 1.93. The number of hydrogen-bond acceptors (Lipinski definition) is 4. The van der Waals surface area contributed by atoms with E-state index < -0.39 is 17.8 Å². The summed E-state index contributed by atoms with van der Waals surface area (Å²) in [6.07, 6.45) is -1.30. The van der Waals surface area contributed by atoms with E-state index in [1.54, 1.807) is 0 Å². The number of hydrogen-bond donors (Lipinski definition) is 2. The van der Waals surface area contributed by atoms with Crippen molar-refractivity contribution < 1.29 is 19.8 Å². The Labute approximate surface area is 68.2 Å². The average molecular weight is 182 g/mol. The van der Waals surface area contributed by atoms with Gasteiger partial charge < -0.3 is 15.1 Å². The normalized spacial score (nSPS) is 14.3. The van der Waals surface area contributed by atoms with Gasteiger partial charge in [0.15, 0.2) is 5.71 Å². The summed E-state index contributed by atoms with van der Waals surface area (Å²) in [4.78, 5) is 14.4. The van der Waals surface area contributed by atoms with Crippen LogP contribution in [0.2, 0.25) is 0 Å². The van der Waals surface area contributed by atoms with Crippen LogP contribution in [-0.2, 0) is 9.63 Å². The van der Waals surface area contributed by atoms with Crippen molar-refractivity contribution in [2.75, 3.05) is 13.0 Å². The van der Waals surface area contributed by atoms with E-state index in [4.69, 9.17) is 21.8 Å². The lowest BCUT2D eigenvalue weighted by Crippen LogP contribution is -2.29. The lowest BCUT2D eigenvalue weighted by atomic mass is 10.2. The Morgan fingerprint density at radius 3 is 2.64 bits per heavy atom. The molecule has 0 spiro atoms. The van der Waals surface area contributed by atoms with Gasteiger partial charge in [-0.2, -0.15) is 0 Å². The first-order chi connectivity index (χ1) is 5.13.